The first kappa shape index (κ1) is 6.14. The summed E-state index contributed by atoms with van der Waals surface area (Å²) in [5, 5.41) is 1.95. The Balaban J connectivity index is 3.18. The third-order valence-electron chi connectivity index (χ3n) is 0.695. The zero-order chi connectivity index (χ0) is 5.98. The van der Waals surface area contributed by atoms with Gasteiger partial charge in [-0.3, -0.25) is 0 Å². The van der Waals surface area contributed by atoms with Crippen molar-refractivity contribution >= 4 is 38.2 Å². The minimum Gasteiger partial charge on any atom is -0.337 e. The number of thiazole rings is 1. The molecule has 0 amide bonds. The zero-order valence-corrected chi connectivity index (χ0v) is 6.60. The first-order valence-electron chi connectivity index (χ1n) is 2.01. The van der Waals surface area contributed by atoms with E-state index in [1.54, 1.807) is 5.80 Å². The molecule has 0 aliphatic rings. The Labute approximate surface area is 58.6 Å². The lowest BCUT2D eigenvalue weighted by molar-refractivity contribution is 1.38. The van der Waals surface area contributed by atoms with E-state index in [4.69, 9.17) is 12.2 Å². The van der Waals surface area contributed by atoms with Crippen LogP contribution in [0.3, 0.4) is 0 Å². The van der Waals surface area contributed by atoms with Crippen molar-refractivity contribution in [3.05, 3.63) is 15.0 Å². The van der Waals surface area contributed by atoms with Gasteiger partial charge < -0.3 is 4.98 Å². The van der Waals surface area contributed by atoms with Crippen LogP contribution in [0.1, 0.15) is 5.69 Å². The number of aromatic amines is 1. The molecule has 0 aliphatic heterocycles. The number of rotatable bonds is 1. The van der Waals surface area contributed by atoms with E-state index < -0.39 is 0 Å². The summed E-state index contributed by atoms with van der Waals surface area (Å²) in [6, 6.07) is 0. The van der Waals surface area contributed by atoms with E-state index in [-0.39, 0.29) is 0 Å². The van der Waals surface area contributed by atoms with E-state index in [0.717, 1.165) is 9.65 Å². The van der Waals surface area contributed by atoms with Gasteiger partial charge in [-0.1, -0.05) is 0 Å². The van der Waals surface area contributed by atoms with E-state index in [0.29, 0.717) is 0 Å². The van der Waals surface area contributed by atoms with Gasteiger partial charge in [0.1, 0.15) is 0 Å². The molecule has 0 atom stereocenters. The van der Waals surface area contributed by atoms with Crippen molar-refractivity contribution < 1.29 is 0 Å². The minimum absolute atomic E-state index is 0.814. The number of hydrogen-bond acceptors (Lipinski definition) is 2. The Bertz CT molecular complexity index is 236. The molecule has 0 radical (unpaired) electrons. The SMILES string of the molecule is P=Cc1csc(=S)[nH]1. The molecular weight excluding hydrogens is 157 g/mol. The Morgan fingerprint density at radius 3 is 2.88 bits per heavy atom. The van der Waals surface area contributed by atoms with Crippen LogP contribution < -0.4 is 0 Å². The molecule has 4 heteroatoms. The summed E-state index contributed by atoms with van der Waals surface area (Å²) >= 11 is 6.35. The van der Waals surface area contributed by atoms with Crippen LogP contribution >= 0.6 is 32.4 Å². The van der Waals surface area contributed by atoms with E-state index in [1.165, 1.54) is 11.3 Å². The average Bonchev–Trinajstić information content (AvgIpc) is 2.14. The highest BCUT2D eigenvalue weighted by Gasteiger charge is 1.83. The monoisotopic (exact) mass is 161 g/mol. The van der Waals surface area contributed by atoms with E-state index in [1.807, 2.05) is 5.38 Å². The van der Waals surface area contributed by atoms with Crippen LogP contribution in [0.15, 0.2) is 5.38 Å². The second kappa shape index (κ2) is 2.53. The minimum atomic E-state index is 0.814. The molecule has 8 heavy (non-hydrogen) atoms. The molecule has 0 unspecified atom stereocenters. The van der Waals surface area contributed by atoms with Gasteiger partial charge in [0.2, 0.25) is 0 Å². The quantitative estimate of drug-likeness (QED) is 0.492. The molecule has 1 aromatic heterocycles. The van der Waals surface area contributed by atoms with Crippen LogP contribution in [0.5, 0.6) is 0 Å². The van der Waals surface area contributed by atoms with Crippen LogP contribution in [-0.2, 0) is 0 Å². The molecule has 0 saturated heterocycles. The smallest absolute Gasteiger partial charge is 0.158 e. The van der Waals surface area contributed by atoms with Crippen LogP contribution in [0, 0.1) is 3.95 Å². The molecule has 1 heterocycles. The highest BCUT2D eigenvalue weighted by atomic mass is 32.1. The van der Waals surface area contributed by atoms with Crippen molar-refractivity contribution in [2.75, 3.05) is 0 Å². The second-order valence-electron chi connectivity index (χ2n) is 1.25. The van der Waals surface area contributed by atoms with Crippen LogP contribution in [0.25, 0.3) is 0 Å². The summed E-state index contributed by atoms with van der Waals surface area (Å²) in [4.78, 5) is 2.95. The predicted octanol–water partition coefficient (Wildman–Crippen LogP) is 2.10. The molecule has 0 aromatic carbocycles. The van der Waals surface area contributed by atoms with Crippen molar-refractivity contribution in [3.8, 4) is 0 Å². The Kier molecular flexibility index (Phi) is 1.95. The largest absolute Gasteiger partial charge is 0.337 e. The molecular formula is C4H4NPS2. The molecule has 1 aromatic rings. The van der Waals surface area contributed by atoms with Gasteiger partial charge in [0.15, 0.2) is 3.95 Å². The maximum atomic E-state index is 4.82. The van der Waals surface area contributed by atoms with Gasteiger partial charge in [0, 0.05) is 5.38 Å². The fraction of sp³-hybridized carbons (Fsp3) is 0. The molecule has 42 valence electrons. The summed E-state index contributed by atoms with van der Waals surface area (Å²) in [6.45, 7) is 0. The lowest BCUT2D eigenvalue weighted by Gasteiger charge is -1.73. The van der Waals surface area contributed by atoms with Crippen LogP contribution in [0.2, 0.25) is 0 Å². The van der Waals surface area contributed by atoms with Gasteiger partial charge in [0.05, 0.1) is 5.69 Å². The topological polar surface area (TPSA) is 15.8 Å². The van der Waals surface area contributed by atoms with Gasteiger partial charge in [0.25, 0.3) is 0 Å². The van der Waals surface area contributed by atoms with E-state index in [2.05, 4.69) is 13.8 Å². The Morgan fingerprint density at radius 1 is 1.88 bits per heavy atom. The number of nitrogens with one attached hydrogen (secondary N) is 1. The van der Waals surface area contributed by atoms with Crippen LogP contribution in [0.4, 0.5) is 0 Å². The second-order valence-corrected chi connectivity index (χ2v) is 3.08. The normalized spacial score (nSPS) is 9.00. The molecule has 0 saturated carbocycles. The third-order valence-corrected chi connectivity index (χ3v) is 2.08. The first-order valence-corrected chi connectivity index (χ1v) is 3.88. The Hall–Kier alpha value is 0.0200. The predicted molar refractivity (Wildman–Crippen MR) is 43.0 cm³/mol. The molecule has 0 aliphatic carbocycles. The van der Waals surface area contributed by atoms with Gasteiger partial charge in [-0.15, -0.1) is 20.2 Å². The van der Waals surface area contributed by atoms with Gasteiger partial charge in [-0.05, 0) is 18.0 Å². The standard InChI is InChI=1S/C4H4NPS2/c6-1-3-2-8-4(7)5-3/h1-2,6H,(H,5,7). The Morgan fingerprint density at radius 2 is 2.62 bits per heavy atom. The summed E-state index contributed by atoms with van der Waals surface area (Å²) in [6.07, 6.45) is 0. The van der Waals surface area contributed by atoms with Crippen molar-refractivity contribution in [3.63, 3.8) is 0 Å². The maximum Gasteiger partial charge on any atom is 0.158 e. The lowest BCUT2D eigenvalue weighted by atomic mass is 10.6. The number of H-pyrrole nitrogens is 1. The summed E-state index contributed by atoms with van der Waals surface area (Å²) in [5.41, 5.74) is 1.02. The number of aromatic nitrogens is 1. The molecule has 0 fully saturated rings. The van der Waals surface area contributed by atoms with E-state index in [9.17, 15) is 0 Å². The highest BCUT2D eigenvalue weighted by Crippen LogP contribution is 2.01. The van der Waals surface area contributed by atoms with Crippen molar-refractivity contribution in [1.82, 2.24) is 4.98 Å². The molecule has 0 spiro atoms. The van der Waals surface area contributed by atoms with E-state index >= 15 is 0 Å². The first-order chi connectivity index (χ1) is 3.83. The zero-order valence-electron chi connectivity index (χ0n) is 3.97. The maximum absolute atomic E-state index is 4.82. The summed E-state index contributed by atoms with van der Waals surface area (Å²) in [7, 11) is 3.22. The van der Waals surface area contributed by atoms with Gasteiger partial charge in [-0.2, -0.15) is 0 Å². The van der Waals surface area contributed by atoms with Gasteiger partial charge in [-0.25, -0.2) is 0 Å². The number of hydrogen-bond donors (Lipinski definition) is 1. The fourth-order valence-corrected chi connectivity index (χ4v) is 1.44. The molecule has 1 nitrogen and oxygen atoms in total. The van der Waals surface area contributed by atoms with Crippen molar-refractivity contribution in [1.29, 1.82) is 0 Å². The molecule has 1 N–H and O–H groups in total. The fourth-order valence-electron chi connectivity index (χ4n) is 0.364. The van der Waals surface area contributed by atoms with Crippen LogP contribution in [-0.4, -0.2) is 10.8 Å². The average molecular weight is 161 g/mol. The third kappa shape index (κ3) is 1.25. The van der Waals surface area contributed by atoms with Crippen molar-refractivity contribution in [2.45, 2.75) is 0 Å². The lowest BCUT2D eigenvalue weighted by Crippen LogP contribution is -1.71. The summed E-state index contributed by atoms with van der Waals surface area (Å²) in [5.74, 6) is 1.80. The van der Waals surface area contributed by atoms with Crippen molar-refractivity contribution in [2.24, 2.45) is 0 Å². The van der Waals surface area contributed by atoms with Gasteiger partial charge >= 0.3 is 0 Å². The summed E-state index contributed by atoms with van der Waals surface area (Å²) < 4.78 is 0.814. The molecule has 0 bridgehead atoms. The highest BCUT2D eigenvalue weighted by molar-refractivity contribution is 7.73. The molecule has 1 rings (SSSR count).